The van der Waals surface area contributed by atoms with Gasteiger partial charge in [0.05, 0.1) is 11.6 Å². The number of hydrogen-bond donors (Lipinski definition) is 1. The molecule has 0 amide bonds. The summed E-state index contributed by atoms with van der Waals surface area (Å²) in [6.45, 7) is 4.91. The van der Waals surface area contributed by atoms with E-state index in [-0.39, 0.29) is 12.0 Å². The third-order valence-corrected chi connectivity index (χ3v) is 4.38. The molecule has 4 heterocycles. The molecule has 0 radical (unpaired) electrons. The van der Waals surface area contributed by atoms with Crippen LogP contribution < -0.4 is 10.6 Å². The molecule has 0 bridgehead atoms. The topological polar surface area (TPSA) is 112 Å². The van der Waals surface area contributed by atoms with E-state index in [1.54, 1.807) is 10.9 Å². The molecule has 1 saturated heterocycles. The van der Waals surface area contributed by atoms with Crippen LogP contribution >= 0.6 is 0 Å². The van der Waals surface area contributed by atoms with Gasteiger partial charge in [0.15, 0.2) is 11.5 Å². The van der Waals surface area contributed by atoms with Gasteiger partial charge in [0.1, 0.15) is 11.9 Å². The molecule has 1 aliphatic rings. The van der Waals surface area contributed by atoms with E-state index in [0.717, 1.165) is 36.2 Å². The Labute approximate surface area is 138 Å². The van der Waals surface area contributed by atoms with Crippen LogP contribution in [0.25, 0.3) is 11.0 Å². The van der Waals surface area contributed by atoms with Crippen molar-refractivity contribution in [2.45, 2.75) is 38.6 Å². The number of hydrogen-bond acceptors (Lipinski definition) is 8. The number of anilines is 2. The number of rotatable bonds is 3. The molecular formula is C15H20N8O. The van der Waals surface area contributed by atoms with Crippen LogP contribution in [0.1, 0.15) is 50.4 Å². The second kappa shape index (κ2) is 5.43. The molecule has 0 aliphatic carbocycles. The lowest BCUT2D eigenvalue weighted by Gasteiger charge is -2.22. The van der Waals surface area contributed by atoms with Crippen LogP contribution in [-0.4, -0.2) is 36.4 Å². The molecule has 9 heteroatoms. The largest absolute Gasteiger partial charge is 0.383 e. The summed E-state index contributed by atoms with van der Waals surface area (Å²) < 4.78 is 7.18. The summed E-state index contributed by atoms with van der Waals surface area (Å²) in [5, 5.41) is 9.03. The zero-order valence-corrected chi connectivity index (χ0v) is 14.0. The van der Waals surface area contributed by atoms with Crippen molar-refractivity contribution in [1.29, 1.82) is 0 Å². The summed E-state index contributed by atoms with van der Waals surface area (Å²) in [6.07, 6.45) is 3.62. The van der Waals surface area contributed by atoms with Crippen molar-refractivity contribution in [1.82, 2.24) is 29.9 Å². The molecular weight excluding hydrogens is 308 g/mol. The molecule has 0 unspecified atom stereocenters. The van der Waals surface area contributed by atoms with E-state index < -0.39 is 0 Å². The highest BCUT2D eigenvalue weighted by molar-refractivity contribution is 5.86. The first-order valence-corrected chi connectivity index (χ1v) is 8.10. The van der Waals surface area contributed by atoms with Crippen LogP contribution in [0.3, 0.4) is 0 Å². The van der Waals surface area contributed by atoms with Gasteiger partial charge in [-0.3, -0.25) is 4.68 Å². The molecule has 4 rings (SSSR count). The van der Waals surface area contributed by atoms with Crippen LogP contribution in [0.15, 0.2) is 10.7 Å². The molecule has 9 nitrogen and oxygen atoms in total. The van der Waals surface area contributed by atoms with Crippen molar-refractivity contribution in [3.8, 4) is 0 Å². The molecule has 3 aromatic heterocycles. The number of nitrogens with two attached hydrogens (primary N) is 1. The van der Waals surface area contributed by atoms with Gasteiger partial charge in [-0.1, -0.05) is 19.0 Å². The zero-order chi connectivity index (χ0) is 16.8. The number of nitrogen functional groups attached to an aromatic ring is 1. The van der Waals surface area contributed by atoms with Gasteiger partial charge < -0.3 is 15.2 Å². The molecule has 126 valence electrons. The minimum Gasteiger partial charge on any atom is -0.383 e. The predicted molar refractivity (Wildman–Crippen MR) is 88.4 cm³/mol. The van der Waals surface area contributed by atoms with Gasteiger partial charge in [-0.25, -0.2) is 0 Å². The number of aryl methyl sites for hydroxylation is 1. The minimum atomic E-state index is -0.0184. The van der Waals surface area contributed by atoms with E-state index in [2.05, 4.69) is 30.1 Å². The maximum absolute atomic E-state index is 6.08. The SMILES string of the molecule is CC(C)c1noc([C@@H]2CCCN2c2nc(N)c3cnn(C)c3n2)n1. The van der Waals surface area contributed by atoms with Crippen molar-refractivity contribution in [2.75, 3.05) is 17.2 Å². The average molecular weight is 328 g/mol. The monoisotopic (exact) mass is 328 g/mol. The van der Waals surface area contributed by atoms with Crippen molar-refractivity contribution in [3.63, 3.8) is 0 Å². The molecule has 24 heavy (non-hydrogen) atoms. The Morgan fingerprint density at radius 1 is 1.29 bits per heavy atom. The van der Waals surface area contributed by atoms with E-state index in [9.17, 15) is 0 Å². The predicted octanol–water partition coefficient (Wildman–Crippen LogP) is 1.79. The van der Waals surface area contributed by atoms with Gasteiger partial charge in [-0.15, -0.1) is 0 Å². The summed E-state index contributed by atoms with van der Waals surface area (Å²) in [6, 6.07) is -0.0184. The highest BCUT2D eigenvalue weighted by atomic mass is 16.5. The van der Waals surface area contributed by atoms with Gasteiger partial charge >= 0.3 is 0 Å². The standard InChI is InChI=1S/C15H20N8O/c1-8(2)12-19-14(24-21-12)10-5-4-6-23(10)15-18-11(16)9-7-17-22(3)13(9)20-15/h7-8,10H,4-6H2,1-3H3,(H2,16,18,20)/t10-/m0/s1. The summed E-state index contributed by atoms with van der Waals surface area (Å²) in [5.41, 5.74) is 6.80. The smallest absolute Gasteiger partial charge is 0.249 e. The van der Waals surface area contributed by atoms with Gasteiger partial charge in [0.2, 0.25) is 11.8 Å². The lowest BCUT2D eigenvalue weighted by molar-refractivity contribution is 0.349. The quantitative estimate of drug-likeness (QED) is 0.774. The van der Waals surface area contributed by atoms with Crippen LogP contribution in [0.4, 0.5) is 11.8 Å². The maximum Gasteiger partial charge on any atom is 0.249 e. The second-order valence-electron chi connectivity index (χ2n) is 6.41. The summed E-state index contributed by atoms with van der Waals surface area (Å²) in [4.78, 5) is 15.7. The third kappa shape index (κ3) is 2.27. The van der Waals surface area contributed by atoms with E-state index in [1.807, 2.05) is 20.9 Å². The Kier molecular flexibility index (Phi) is 3.36. The zero-order valence-electron chi connectivity index (χ0n) is 14.0. The molecule has 0 saturated carbocycles. The first-order chi connectivity index (χ1) is 11.5. The van der Waals surface area contributed by atoms with Gasteiger partial charge in [-0.05, 0) is 12.8 Å². The molecule has 1 aliphatic heterocycles. The number of aromatic nitrogens is 6. The van der Waals surface area contributed by atoms with Gasteiger partial charge in [0.25, 0.3) is 0 Å². The Hall–Kier alpha value is -2.71. The Morgan fingerprint density at radius 3 is 2.88 bits per heavy atom. The Morgan fingerprint density at radius 2 is 2.12 bits per heavy atom. The average Bonchev–Trinajstić information content (AvgIpc) is 3.25. The normalized spacial score (nSPS) is 18.2. The fourth-order valence-corrected chi connectivity index (χ4v) is 3.04. The number of nitrogens with zero attached hydrogens (tertiary/aromatic N) is 7. The van der Waals surface area contributed by atoms with Crippen LogP contribution in [0, 0.1) is 0 Å². The van der Waals surface area contributed by atoms with E-state index in [1.165, 1.54) is 0 Å². The van der Waals surface area contributed by atoms with Gasteiger partial charge in [-0.2, -0.15) is 20.1 Å². The van der Waals surface area contributed by atoms with Crippen LogP contribution in [-0.2, 0) is 7.05 Å². The van der Waals surface area contributed by atoms with Crippen molar-refractivity contribution >= 4 is 22.8 Å². The Bertz CT molecular complexity index is 883. The fraction of sp³-hybridized carbons (Fsp3) is 0.533. The van der Waals surface area contributed by atoms with Crippen molar-refractivity contribution < 1.29 is 4.52 Å². The van der Waals surface area contributed by atoms with Crippen LogP contribution in [0.5, 0.6) is 0 Å². The second-order valence-corrected chi connectivity index (χ2v) is 6.41. The van der Waals surface area contributed by atoms with E-state index >= 15 is 0 Å². The lowest BCUT2D eigenvalue weighted by atomic mass is 10.2. The first-order valence-electron chi connectivity index (χ1n) is 8.10. The molecule has 2 N–H and O–H groups in total. The van der Waals surface area contributed by atoms with Crippen molar-refractivity contribution in [2.24, 2.45) is 7.05 Å². The maximum atomic E-state index is 6.08. The van der Waals surface area contributed by atoms with E-state index in [0.29, 0.717) is 17.7 Å². The molecule has 0 aromatic carbocycles. The Balaban J connectivity index is 1.73. The molecule has 1 fully saturated rings. The van der Waals surface area contributed by atoms with E-state index in [4.69, 9.17) is 10.3 Å². The lowest BCUT2D eigenvalue weighted by Crippen LogP contribution is -2.25. The fourth-order valence-electron chi connectivity index (χ4n) is 3.04. The minimum absolute atomic E-state index is 0.0184. The summed E-state index contributed by atoms with van der Waals surface area (Å²) in [7, 11) is 1.84. The van der Waals surface area contributed by atoms with Crippen LogP contribution in [0.2, 0.25) is 0 Å². The highest BCUT2D eigenvalue weighted by Gasteiger charge is 2.33. The summed E-state index contributed by atoms with van der Waals surface area (Å²) in [5.74, 6) is 2.58. The first kappa shape index (κ1) is 14.9. The van der Waals surface area contributed by atoms with Crippen molar-refractivity contribution in [3.05, 3.63) is 17.9 Å². The molecule has 3 aromatic rings. The van der Waals surface area contributed by atoms with Gasteiger partial charge in [0, 0.05) is 19.5 Å². The highest BCUT2D eigenvalue weighted by Crippen LogP contribution is 2.35. The third-order valence-electron chi connectivity index (χ3n) is 4.38. The summed E-state index contributed by atoms with van der Waals surface area (Å²) >= 11 is 0. The number of fused-ring (bicyclic) bond motifs is 1. The molecule has 0 spiro atoms. The molecule has 1 atom stereocenters.